The molecule has 0 atom stereocenters. The fourth-order valence-electron chi connectivity index (χ4n) is 1.75. The van der Waals surface area contributed by atoms with Gasteiger partial charge in [0.2, 0.25) is 0 Å². The highest BCUT2D eigenvalue weighted by molar-refractivity contribution is 5.86. The van der Waals surface area contributed by atoms with Crippen molar-refractivity contribution in [2.45, 2.75) is 24.8 Å². The van der Waals surface area contributed by atoms with Crippen LogP contribution < -0.4 is 10.6 Å². The number of nitrogens with one attached hydrogen (secondary N) is 2. The summed E-state index contributed by atoms with van der Waals surface area (Å²) in [7, 11) is 1.25. The molecule has 8 heteroatoms. The van der Waals surface area contributed by atoms with Crippen LogP contribution in [-0.4, -0.2) is 55.5 Å². The fourth-order valence-corrected chi connectivity index (χ4v) is 1.75. The third-order valence-corrected chi connectivity index (χ3v) is 2.95. The van der Waals surface area contributed by atoms with Crippen molar-refractivity contribution in [1.29, 1.82) is 0 Å². The number of esters is 1. The number of aliphatic carboxylic acids is 1. The molecule has 2 amide bonds. The van der Waals surface area contributed by atoms with E-state index in [-0.39, 0.29) is 39.0 Å². The van der Waals surface area contributed by atoms with Crippen LogP contribution >= 0.6 is 0 Å². The molecule has 1 rings (SSSR count). The lowest BCUT2D eigenvalue weighted by Gasteiger charge is -2.33. The van der Waals surface area contributed by atoms with Crippen LogP contribution in [0.15, 0.2) is 0 Å². The minimum Gasteiger partial charge on any atom is -0.480 e. The van der Waals surface area contributed by atoms with Crippen molar-refractivity contribution in [2.75, 3.05) is 26.9 Å². The van der Waals surface area contributed by atoms with Crippen LogP contribution in [0.25, 0.3) is 0 Å². The van der Waals surface area contributed by atoms with Crippen LogP contribution in [0.4, 0.5) is 4.79 Å². The Morgan fingerprint density at radius 3 is 2.47 bits per heavy atom. The molecule has 0 aliphatic carbocycles. The Morgan fingerprint density at radius 1 is 1.32 bits per heavy atom. The molecule has 0 aromatic rings. The van der Waals surface area contributed by atoms with Gasteiger partial charge in [0.1, 0.15) is 5.54 Å². The number of carboxylic acid groups (broad SMARTS) is 1. The van der Waals surface area contributed by atoms with Crippen LogP contribution in [0.2, 0.25) is 0 Å². The second-order valence-corrected chi connectivity index (χ2v) is 4.21. The summed E-state index contributed by atoms with van der Waals surface area (Å²) in [5, 5.41) is 14.1. The lowest BCUT2D eigenvalue weighted by Crippen LogP contribution is -2.59. The molecule has 0 aromatic heterocycles. The van der Waals surface area contributed by atoms with Gasteiger partial charge in [0.05, 0.1) is 13.5 Å². The van der Waals surface area contributed by atoms with E-state index in [9.17, 15) is 19.5 Å². The SMILES string of the molecule is COC(=O)CCNC(=O)NC1(C(=O)O)CCOCC1. The predicted molar refractivity (Wildman–Crippen MR) is 63.6 cm³/mol. The number of urea groups is 1. The molecule has 0 unspecified atom stereocenters. The molecule has 3 N–H and O–H groups in total. The molecule has 1 fully saturated rings. The lowest BCUT2D eigenvalue weighted by molar-refractivity contribution is -0.148. The zero-order chi connectivity index (χ0) is 14.3. The summed E-state index contributed by atoms with van der Waals surface area (Å²) in [5.41, 5.74) is -1.30. The van der Waals surface area contributed by atoms with Gasteiger partial charge in [-0.25, -0.2) is 9.59 Å². The van der Waals surface area contributed by atoms with Gasteiger partial charge in [0.15, 0.2) is 0 Å². The van der Waals surface area contributed by atoms with E-state index in [2.05, 4.69) is 15.4 Å². The van der Waals surface area contributed by atoms with E-state index >= 15 is 0 Å². The van der Waals surface area contributed by atoms with E-state index in [4.69, 9.17) is 4.74 Å². The first-order valence-electron chi connectivity index (χ1n) is 5.94. The molecule has 0 spiro atoms. The van der Waals surface area contributed by atoms with E-state index < -0.39 is 23.5 Å². The molecule has 0 saturated carbocycles. The molecule has 1 saturated heterocycles. The molecule has 0 bridgehead atoms. The number of amides is 2. The Kier molecular flexibility index (Phi) is 5.56. The van der Waals surface area contributed by atoms with E-state index in [0.717, 1.165) is 0 Å². The highest BCUT2D eigenvalue weighted by atomic mass is 16.5. The fraction of sp³-hybridized carbons (Fsp3) is 0.727. The van der Waals surface area contributed by atoms with E-state index in [0.29, 0.717) is 0 Å². The zero-order valence-corrected chi connectivity index (χ0v) is 10.7. The first-order chi connectivity index (χ1) is 9.00. The van der Waals surface area contributed by atoms with Gasteiger partial charge in [-0.3, -0.25) is 4.79 Å². The highest BCUT2D eigenvalue weighted by Gasteiger charge is 2.41. The van der Waals surface area contributed by atoms with Crippen molar-refractivity contribution < 1.29 is 29.0 Å². The number of methoxy groups -OCH3 is 1. The van der Waals surface area contributed by atoms with E-state index in [1.807, 2.05) is 0 Å². The van der Waals surface area contributed by atoms with Crippen LogP contribution in [0.5, 0.6) is 0 Å². The summed E-state index contributed by atoms with van der Waals surface area (Å²) in [6.07, 6.45) is 0.465. The summed E-state index contributed by atoms with van der Waals surface area (Å²) < 4.78 is 9.51. The smallest absolute Gasteiger partial charge is 0.329 e. The second kappa shape index (κ2) is 6.93. The van der Waals surface area contributed by atoms with E-state index in [1.165, 1.54) is 7.11 Å². The van der Waals surface area contributed by atoms with Gasteiger partial charge in [-0.15, -0.1) is 0 Å². The summed E-state index contributed by atoms with van der Waals surface area (Å²) in [5.74, 6) is -1.53. The molecular weight excluding hydrogens is 256 g/mol. The number of hydrogen-bond acceptors (Lipinski definition) is 5. The van der Waals surface area contributed by atoms with Crippen LogP contribution in [0.1, 0.15) is 19.3 Å². The number of rotatable bonds is 5. The molecule has 19 heavy (non-hydrogen) atoms. The lowest BCUT2D eigenvalue weighted by atomic mass is 9.90. The molecule has 0 aromatic carbocycles. The quantitative estimate of drug-likeness (QED) is 0.581. The Balaban J connectivity index is 2.44. The number of carbonyl (C=O) groups excluding carboxylic acids is 2. The largest absolute Gasteiger partial charge is 0.480 e. The molecular formula is C11H18N2O6. The maximum absolute atomic E-state index is 11.6. The van der Waals surface area contributed by atoms with Crippen LogP contribution in [0.3, 0.4) is 0 Å². The van der Waals surface area contributed by atoms with E-state index in [1.54, 1.807) is 0 Å². The summed E-state index contributed by atoms with van der Waals surface area (Å²) >= 11 is 0. The zero-order valence-electron chi connectivity index (χ0n) is 10.7. The van der Waals surface area contributed by atoms with Crippen LogP contribution in [-0.2, 0) is 19.1 Å². The Morgan fingerprint density at radius 2 is 1.95 bits per heavy atom. The molecule has 1 aliphatic heterocycles. The molecule has 1 heterocycles. The number of carbonyl (C=O) groups is 3. The third kappa shape index (κ3) is 4.40. The van der Waals surface area contributed by atoms with Gasteiger partial charge in [0.25, 0.3) is 0 Å². The topological polar surface area (TPSA) is 114 Å². The average molecular weight is 274 g/mol. The van der Waals surface area contributed by atoms with Gasteiger partial charge in [-0.05, 0) is 0 Å². The van der Waals surface area contributed by atoms with Crippen molar-refractivity contribution in [3.63, 3.8) is 0 Å². The summed E-state index contributed by atoms with van der Waals surface area (Å²) in [6.45, 7) is 0.661. The average Bonchev–Trinajstić information content (AvgIpc) is 2.39. The standard InChI is InChI=1S/C11H18N2O6/c1-18-8(14)2-5-12-10(17)13-11(9(15)16)3-6-19-7-4-11/h2-7H2,1H3,(H,15,16)(H2,12,13,17). The van der Waals surface area contributed by atoms with Gasteiger partial charge in [0, 0.05) is 32.6 Å². The Labute approximate surface area is 110 Å². The van der Waals surface area contributed by atoms with Crippen molar-refractivity contribution in [3.05, 3.63) is 0 Å². The monoisotopic (exact) mass is 274 g/mol. The first kappa shape index (κ1) is 15.2. The van der Waals surface area contributed by atoms with Gasteiger partial charge >= 0.3 is 18.0 Å². The number of hydrogen-bond donors (Lipinski definition) is 3. The number of carboxylic acids is 1. The highest BCUT2D eigenvalue weighted by Crippen LogP contribution is 2.20. The Bertz CT molecular complexity index is 351. The van der Waals surface area contributed by atoms with Crippen molar-refractivity contribution >= 4 is 18.0 Å². The third-order valence-electron chi connectivity index (χ3n) is 2.95. The summed E-state index contributed by atoms with van der Waals surface area (Å²) in [4.78, 5) is 33.7. The van der Waals surface area contributed by atoms with Crippen molar-refractivity contribution in [3.8, 4) is 0 Å². The maximum Gasteiger partial charge on any atom is 0.329 e. The maximum atomic E-state index is 11.6. The molecule has 1 aliphatic rings. The van der Waals surface area contributed by atoms with Gasteiger partial charge < -0.3 is 25.2 Å². The summed E-state index contributed by atoms with van der Waals surface area (Å²) in [6, 6.07) is -0.617. The molecule has 8 nitrogen and oxygen atoms in total. The van der Waals surface area contributed by atoms with Crippen molar-refractivity contribution in [2.24, 2.45) is 0 Å². The molecule has 108 valence electrons. The van der Waals surface area contributed by atoms with Crippen molar-refractivity contribution in [1.82, 2.24) is 10.6 Å². The first-order valence-corrected chi connectivity index (χ1v) is 5.94. The number of ether oxygens (including phenoxy) is 2. The van der Waals surface area contributed by atoms with Crippen LogP contribution in [0, 0.1) is 0 Å². The minimum atomic E-state index is -1.30. The van der Waals surface area contributed by atoms with Gasteiger partial charge in [-0.2, -0.15) is 0 Å². The Hall–Kier alpha value is -1.83. The van der Waals surface area contributed by atoms with Gasteiger partial charge in [-0.1, -0.05) is 0 Å². The normalized spacial score (nSPS) is 17.3. The second-order valence-electron chi connectivity index (χ2n) is 4.21. The minimum absolute atomic E-state index is 0.0348. The predicted octanol–water partition coefficient (Wildman–Crippen LogP) is -0.517. The molecule has 0 radical (unpaired) electrons.